The first-order valence-electron chi connectivity index (χ1n) is 6.12. The van der Waals surface area contributed by atoms with E-state index in [9.17, 15) is 9.18 Å². The van der Waals surface area contributed by atoms with Gasteiger partial charge in [-0.1, -0.05) is 6.07 Å². The summed E-state index contributed by atoms with van der Waals surface area (Å²) in [5.74, 6) is -0.443. The van der Waals surface area contributed by atoms with E-state index in [0.717, 1.165) is 19.5 Å². The van der Waals surface area contributed by atoms with Crippen molar-refractivity contribution in [1.29, 1.82) is 0 Å². The molecule has 5 heteroatoms. The molecule has 1 unspecified atom stereocenters. The summed E-state index contributed by atoms with van der Waals surface area (Å²) in [5, 5.41) is 5.90. The summed E-state index contributed by atoms with van der Waals surface area (Å²) >= 11 is 0. The Hall–Kier alpha value is -1.46. The van der Waals surface area contributed by atoms with Crippen molar-refractivity contribution in [1.82, 2.24) is 10.2 Å². The molecule has 0 saturated carbocycles. The summed E-state index contributed by atoms with van der Waals surface area (Å²) in [5.41, 5.74) is 0.504. The number of carbonyl (C=O) groups excluding carboxylic acids is 1. The molecule has 1 amide bonds. The third-order valence-corrected chi connectivity index (χ3v) is 3.16. The van der Waals surface area contributed by atoms with Crippen molar-refractivity contribution in [2.75, 3.05) is 32.0 Å². The molecule has 1 aliphatic rings. The smallest absolute Gasteiger partial charge is 0.238 e. The highest BCUT2D eigenvalue weighted by atomic mass is 19.1. The van der Waals surface area contributed by atoms with Crippen molar-refractivity contribution < 1.29 is 9.18 Å². The molecule has 1 atom stereocenters. The molecule has 2 rings (SSSR count). The number of nitrogens with one attached hydrogen (secondary N) is 2. The second-order valence-corrected chi connectivity index (χ2v) is 4.57. The third-order valence-electron chi connectivity index (χ3n) is 3.16. The van der Waals surface area contributed by atoms with E-state index in [1.807, 2.05) is 7.05 Å². The van der Waals surface area contributed by atoms with Crippen LogP contribution in [0.2, 0.25) is 0 Å². The van der Waals surface area contributed by atoms with Gasteiger partial charge in [0.05, 0.1) is 6.54 Å². The first-order chi connectivity index (χ1) is 8.67. The molecule has 4 nitrogen and oxygen atoms in total. The highest BCUT2D eigenvalue weighted by Crippen LogP contribution is 2.11. The predicted molar refractivity (Wildman–Crippen MR) is 68.9 cm³/mol. The van der Waals surface area contributed by atoms with Gasteiger partial charge < -0.3 is 10.6 Å². The summed E-state index contributed by atoms with van der Waals surface area (Å²) in [4.78, 5) is 13.9. The van der Waals surface area contributed by atoms with Gasteiger partial charge in [0.2, 0.25) is 5.91 Å². The molecular formula is C13H18FN3O. The van der Waals surface area contributed by atoms with Gasteiger partial charge in [0, 0.05) is 24.8 Å². The molecule has 2 N–H and O–H groups in total. The lowest BCUT2D eigenvalue weighted by molar-refractivity contribution is -0.117. The van der Waals surface area contributed by atoms with Crippen LogP contribution in [0.25, 0.3) is 0 Å². The lowest BCUT2D eigenvalue weighted by Gasteiger charge is -2.15. The molecule has 1 aromatic carbocycles. The number of halogens is 1. The summed E-state index contributed by atoms with van der Waals surface area (Å²) in [6, 6.07) is 6.40. The fourth-order valence-corrected chi connectivity index (χ4v) is 2.18. The SMILES string of the molecule is CNC1CCN(CC(=O)Nc2cccc(F)c2)C1. The largest absolute Gasteiger partial charge is 0.325 e. The monoisotopic (exact) mass is 251 g/mol. The maximum atomic E-state index is 12.9. The minimum Gasteiger partial charge on any atom is -0.325 e. The fraction of sp³-hybridized carbons (Fsp3) is 0.462. The molecule has 18 heavy (non-hydrogen) atoms. The van der Waals surface area contributed by atoms with Crippen LogP contribution in [0.5, 0.6) is 0 Å². The molecule has 1 fully saturated rings. The Labute approximate surface area is 106 Å². The quantitative estimate of drug-likeness (QED) is 0.841. The van der Waals surface area contributed by atoms with E-state index in [4.69, 9.17) is 0 Å². The van der Waals surface area contributed by atoms with Crippen LogP contribution in [0.15, 0.2) is 24.3 Å². The summed E-state index contributed by atoms with van der Waals surface area (Å²) in [6.07, 6.45) is 1.06. The average Bonchev–Trinajstić information content (AvgIpc) is 2.76. The maximum absolute atomic E-state index is 12.9. The van der Waals surface area contributed by atoms with E-state index < -0.39 is 0 Å². The Kier molecular flexibility index (Phi) is 4.28. The van der Waals surface area contributed by atoms with Crippen LogP contribution in [0.1, 0.15) is 6.42 Å². The van der Waals surface area contributed by atoms with Gasteiger partial charge in [0.25, 0.3) is 0 Å². The second-order valence-electron chi connectivity index (χ2n) is 4.57. The Morgan fingerprint density at radius 3 is 3.06 bits per heavy atom. The Morgan fingerprint density at radius 1 is 1.56 bits per heavy atom. The number of carbonyl (C=O) groups is 1. The van der Waals surface area contributed by atoms with Crippen LogP contribution in [-0.2, 0) is 4.79 Å². The minimum atomic E-state index is -0.343. The van der Waals surface area contributed by atoms with Crippen molar-refractivity contribution in [3.63, 3.8) is 0 Å². The van der Waals surface area contributed by atoms with Crippen LogP contribution >= 0.6 is 0 Å². The zero-order chi connectivity index (χ0) is 13.0. The van der Waals surface area contributed by atoms with Gasteiger partial charge >= 0.3 is 0 Å². The Morgan fingerprint density at radius 2 is 2.39 bits per heavy atom. The molecule has 0 radical (unpaired) electrons. The van der Waals surface area contributed by atoms with Crippen molar-refractivity contribution in [2.45, 2.75) is 12.5 Å². The molecule has 0 aromatic heterocycles. The number of benzene rings is 1. The lowest BCUT2D eigenvalue weighted by atomic mass is 10.3. The van der Waals surface area contributed by atoms with E-state index in [0.29, 0.717) is 18.3 Å². The van der Waals surface area contributed by atoms with E-state index >= 15 is 0 Å². The van der Waals surface area contributed by atoms with Crippen LogP contribution in [0.3, 0.4) is 0 Å². The van der Waals surface area contributed by atoms with Gasteiger partial charge in [0.15, 0.2) is 0 Å². The molecule has 1 aliphatic heterocycles. The van der Waals surface area contributed by atoms with E-state index in [1.165, 1.54) is 12.1 Å². The van der Waals surface area contributed by atoms with Gasteiger partial charge in [-0.25, -0.2) is 4.39 Å². The summed E-state index contributed by atoms with van der Waals surface area (Å²) in [6.45, 7) is 2.16. The van der Waals surface area contributed by atoms with E-state index in [2.05, 4.69) is 15.5 Å². The topological polar surface area (TPSA) is 44.4 Å². The molecule has 1 heterocycles. The molecular weight excluding hydrogens is 233 g/mol. The van der Waals surface area contributed by atoms with Crippen LogP contribution in [0, 0.1) is 5.82 Å². The van der Waals surface area contributed by atoms with Crippen LogP contribution < -0.4 is 10.6 Å². The molecule has 0 bridgehead atoms. The molecule has 1 aromatic rings. The standard InChI is InChI=1S/C13H18FN3O/c1-15-12-5-6-17(8-12)9-13(18)16-11-4-2-3-10(14)7-11/h2-4,7,12,15H,5-6,8-9H2,1H3,(H,16,18). The van der Waals surface area contributed by atoms with Crippen molar-refractivity contribution in [3.8, 4) is 0 Å². The average molecular weight is 251 g/mol. The second kappa shape index (κ2) is 5.93. The molecule has 98 valence electrons. The predicted octanol–water partition coefficient (Wildman–Crippen LogP) is 1.06. The lowest BCUT2D eigenvalue weighted by Crippen LogP contribution is -2.34. The summed E-state index contributed by atoms with van der Waals surface area (Å²) in [7, 11) is 1.93. The first-order valence-corrected chi connectivity index (χ1v) is 6.12. The highest BCUT2D eigenvalue weighted by Gasteiger charge is 2.22. The molecule has 0 spiro atoms. The number of nitrogens with zero attached hydrogens (tertiary/aromatic N) is 1. The van der Waals surface area contributed by atoms with Crippen molar-refractivity contribution >= 4 is 11.6 Å². The number of hydrogen-bond donors (Lipinski definition) is 2. The highest BCUT2D eigenvalue weighted by molar-refractivity contribution is 5.92. The number of likely N-dealkylation sites (tertiary alicyclic amines) is 1. The van der Waals surface area contributed by atoms with Crippen LogP contribution in [0.4, 0.5) is 10.1 Å². The summed E-state index contributed by atoms with van der Waals surface area (Å²) < 4.78 is 12.9. The third kappa shape index (κ3) is 3.51. The van der Waals surface area contributed by atoms with Crippen molar-refractivity contribution in [3.05, 3.63) is 30.1 Å². The van der Waals surface area contributed by atoms with Gasteiger partial charge in [-0.05, 0) is 31.7 Å². The van der Waals surface area contributed by atoms with E-state index in [1.54, 1.807) is 12.1 Å². The number of rotatable bonds is 4. The van der Waals surface area contributed by atoms with Gasteiger partial charge in [-0.3, -0.25) is 9.69 Å². The number of anilines is 1. The number of amides is 1. The Balaban J connectivity index is 1.82. The first kappa shape index (κ1) is 13.0. The van der Waals surface area contributed by atoms with Gasteiger partial charge in [-0.2, -0.15) is 0 Å². The van der Waals surface area contributed by atoms with Gasteiger partial charge in [-0.15, -0.1) is 0 Å². The molecule has 0 aliphatic carbocycles. The Bertz CT molecular complexity index is 424. The zero-order valence-corrected chi connectivity index (χ0v) is 10.4. The van der Waals surface area contributed by atoms with Gasteiger partial charge in [0.1, 0.15) is 5.82 Å². The van der Waals surface area contributed by atoms with E-state index in [-0.39, 0.29) is 11.7 Å². The van der Waals surface area contributed by atoms with Crippen LogP contribution in [-0.4, -0.2) is 43.5 Å². The molecule has 1 saturated heterocycles. The maximum Gasteiger partial charge on any atom is 0.238 e. The minimum absolute atomic E-state index is 0.0997. The number of likely N-dealkylation sites (N-methyl/N-ethyl adjacent to an activating group) is 1. The van der Waals surface area contributed by atoms with Crippen molar-refractivity contribution in [2.24, 2.45) is 0 Å². The fourth-order valence-electron chi connectivity index (χ4n) is 2.18. The zero-order valence-electron chi connectivity index (χ0n) is 10.4. The normalized spacial score (nSPS) is 20.0. The number of hydrogen-bond acceptors (Lipinski definition) is 3.